The molecule has 1 aromatic carbocycles. The molecule has 7 heteroatoms. The Labute approximate surface area is 148 Å². The van der Waals surface area contributed by atoms with Crippen molar-refractivity contribution in [2.45, 2.75) is 32.2 Å². The molecule has 0 saturated carbocycles. The normalized spacial score (nSPS) is 16.0. The minimum Gasteiger partial charge on any atom is -0.344 e. The Morgan fingerprint density at radius 1 is 1.28 bits per heavy atom. The number of nitrogens with one attached hydrogen (secondary N) is 1. The van der Waals surface area contributed by atoms with Crippen LogP contribution in [0, 0.1) is 0 Å². The van der Waals surface area contributed by atoms with Gasteiger partial charge in [0.15, 0.2) is 0 Å². The summed E-state index contributed by atoms with van der Waals surface area (Å²) >= 11 is 0. The van der Waals surface area contributed by atoms with Gasteiger partial charge in [-0.3, -0.25) is 9.69 Å². The molecule has 3 rings (SSSR count). The summed E-state index contributed by atoms with van der Waals surface area (Å²) in [6, 6.07) is 8.03. The van der Waals surface area contributed by atoms with Gasteiger partial charge in [0, 0.05) is 39.2 Å². The van der Waals surface area contributed by atoms with E-state index in [0.717, 1.165) is 44.1 Å². The predicted octanol–water partition coefficient (Wildman–Crippen LogP) is 2.47. The first kappa shape index (κ1) is 17.4. The van der Waals surface area contributed by atoms with Gasteiger partial charge in [0.25, 0.3) is 5.95 Å². The molecule has 0 spiro atoms. The molecule has 1 aromatic heterocycles. The van der Waals surface area contributed by atoms with Gasteiger partial charge < -0.3 is 14.7 Å². The molecule has 1 aliphatic rings. The third kappa shape index (κ3) is 4.57. The zero-order chi connectivity index (χ0) is 17.8. The van der Waals surface area contributed by atoms with E-state index in [1.165, 1.54) is 12.5 Å². The zero-order valence-corrected chi connectivity index (χ0v) is 15.0. The molecule has 1 fully saturated rings. The lowest BCUT2D eigenvalue weighted by molar-refractivity contribution is -0.114. The van der Waals surface area contributed by atoms with Crippen LogP contribution in [0.3, 0.4) is 0 Å². The van der Waals surface area contributed by atoms with Crippen LogP contribution in [0.15, 0.2) is 28.8 Å². The summed E-state index contributed by atoms with van der Waals surface area (Å²) in [7, 11) is 3.82. The highest BCUT2D eigenvalue weighted by Crippen LogP contribution is 2.28. The average Bonchev–Trinajstić information content (AvgIpc) is 3.07. The molecule has 0 bridgehead atoms. The van der Waals surface area contributed by atoms with Crippen LogP contribution in [0.2, 0.25) is 0 Å². The van der Waals surface area contributed by atoms with Crippen LogP contribution in [-0.4, -0.2) is 48.1 Å². The summed E-state index contributed by atoms with van der Waals surface area (Å²) in [6.07, 6.45) is 2.05. The van der Waals surface area contributed by atoms with E-state index in [1.54, 1.807) is 0 Å². The highest BCUT2D eigenvalue weighted by molar-refractivity contribution is 5.88. The number of rotatable bonds is 5. The largest absolute Gasteiger partial charge is 0.344 e. The first-order valence-corrected chi connectivity index (χ1v) is 8.61. The van der Waals surface area contributed by atoms with E-state index in [9.17, 15) is 4.79 Å². The number of piperidine rings is 1. The van der Waals surface area contributed by atoms with Crippen molar-refractivity contribution in [1.29, 1.82) is 0 Å². The van der Waals surface area contributed by atoms with Gasteiger partial charge in [-0.25, -0.2) is 0 Å². The minimum absolute atomic E-state index is 0.0479. The molecule has 7 nitrogen and oxygen atoms in total. The number of carbonyl (C=O) groups excluding carboxylic acids is 1. The molecule has 1 amide bonds. The van der Waals surface area contributed by atoms with Gasteiger partial charge in [-0.05, 0) is 48.8 Å². The zero-order valence-electron chi connectivity index (χ0n) is 15.0. The van der Waals surface area contributed by atoms with Gasteiger partial charge in [0.1, 0.15) is 0 Å². The van der Waals surface area contributed by atoms with Crippen molar-refractivity contribution in [1.82, 2.24) is 15.0 Å². The number of anilines is 2. The van der Waals surface area contributed by atoms with Crippen molar-refractivity contribution in [3.05, 3.63) is 35.7 Å². The lowest BCUT2D eigenvalue weighted by atomic mass is 9.96. The van der Waals surface area contributed by atoms with Gasteiger partial charge in [-0.15, -0.1) is 0 Å². The molecular formula is C18H25N5O2. The number of aromatic nitrogens is 2. The maximum atomic E-state index is 11.1. The predicted molar refractivity (Wildman–Crippen MR) is 96.6 cm³/mol. The molecule has 2 aromatic rings. The molecule has 25 heavy (non-hydrogen) atoms. The van der Waals surface area contributed by atoms with Crippen LogP contribution in [0.5, 0.6) is 0 Å². The summed E-state index contributed by atoms with van der Waals surface area (Å²) in [5.41, 5.74) is 2.09. The number of benzene rings is 1. The Balaban J connectivity index is 1.51. The standard InChI is InChI=1S/C18H25N5O2/c1-13(24)19-16-6-4-14(5-7-16)12-23-10-8-15(9-11-23)17-20-18(21-25-17)22(2)3/h4-7,15H,8-12H2,1-3H3,(H,19,24). The van der Waals surface area contributed by atoms with Gasteiger partial charge in [-0.1, -0.05) is 12.1 Å². The summed E-state index contributed by atoms with van der Waals surface area (Å²) in [6.45, 7) is 4.46. The average molecular weight is 343 g/mol. The molecule has 134 valence electrons. The van der Waals surface area contributed by atoms with Gasteiger partial charge in [0.05, 0.1) is 0 Å². The number of carbonyl (C=O) groups is 1. The first-order valence-electron chi connectivity index (χ1n) is 8.61. The van der Waals surface area contributed by atoms with E-state index in [-0.39, 0.29) is 5.91 Å². The fraction of sp³-hybridized carbons (Fsp3) is 0.500. The second-order valence-electron chi connectivity index (χ2n) is 6.76. The van der Waals surface area contributed by atoms with Crippen molar-refractivity contribution in [2.24, 2.45) is 0 Å². The van der Waals surface area contributed by atoms with Crippen LogP contribution in [0.1, 0.15) is 37.1 Å². The van der Waals surface area contributed by atoms with Crippen LogP contribution in [0.4, 0.5) is 11.6 Å². The molecule has 1 saturated heterocycles. The molecule has 1 N–H and O–H groups in total. The number of amides is 1. The maximum Gasteiger partial charge on any atom is 0.265 e. The molecule has 0 unspecified atom stereocenters. The van der Waals surface area contributed by atoms with Crippen molar-refractivity contribution in [2.75, 3.05) is 37.4 Å². The van der Waals surface area contributed by atoms with Crippen molar-refractivity contribution >= 4 is 17.5 Å². The Kier molecular flexibility index (Phi) is 5.33. The Morgan fingerprint density at radius 2 is 1.96 bits per heavy atom. The fourth-order valence-corrected chi connectivity index (χ4v) is 3.07. The van der Waals surface area contributed by atoms with Crippen molar-refractivity contribution in [3.63, 3.8) is 0 Å². The quantitative estimate of drug-likeness (QED) is 0.899. The lowest BCUT2D eigenvalue weighted by Crippen LogP contribution is -2.32. The molecule has 1 aliphatic heterocycles. The topological polar surface area (TPSA) is 74.5 Å². The second kappa shape index (κ2) is 7.65. The van der Waals surface area contributed by atoms with E-state index in [2.05, 4.69) is 32.5 Å². The van der Waals surface area contributed by atoms with Crippen molar-refractivity contribution < 1.29 is 9.32 Å². The Morgan fingerprint density at radius 3 is 2.52 bits per heavy atom. The third-order valence-corrected chi connectivity index (χ3v) is 4.45. The first-order chi connectivity index (χ1) is 12.0. The highest BCUT2D eigenvalue weighted by atomic mass is 16.5. The van der Waals surface area contributed by atoms with E-state index >= 15 is 0 Å². The molecule has 0 atom stereocenters. The number of hydrogen-bond donors (Lipinski definition) is 1. The number of nitrogens with zero attached hydrogens (tertiary/aromatic N) is 4. The monoisotopic (exact) mass is 343 g/mol. The van der Waals surface area contributed by atoms with E-state index in [1.807, 2.05) is 31.1 Å². The third-order valence-electron chi connectivity index (χ3n) is 4.45. The highest BCUT2D eigenvalue weighted by Gasteiger charge is 2.25. The second-order valence-corrected chi connectivity index (χ2v) is 6.76. The smallest absolute Gasteiger partial charge is 0.265 e. The summed E-state index contributed by atoms with van der Waals surface area (Å²) in [5, 5.41) is 6.79. The van der Waals surface area contributed by atoms with Crippen molar-refractivity contribution in [3.8, 4) is 0 Å². The van der Waals surface area contributed by atoms with Gasteiger partial charge >= 0.3 is 0 Å². The van der Waals surface area contributed by atoms with Crippen LogP contribution in [-0.2, 0) is 11.3 Å². The number of hydrogen-bond acceptors (Lipinski definition) is 6. The van der Waals surface area contributed by atoms with E-state index in [0.29, 0.717) is 11.9 Å². The summed E-state index contributed by atoms with van der Waals surface area (Å²) in [4.78, 5) is 19.8. The molecule has 0 radical (unpaired) electrons. The number of likely N-dealkylation sites (tertiary alicyclic amines) is 1. The SMILES string of the molecule is CC(=O)Nc1ccc(CN2CCC(c3nc(N(C)C)no3)CC2)cc1. The summed E-state index contributed by atoms with van der Waals surface area (Å²) in [5.74, 6) is 1.69. The minimum atomic E-state index is -0.0479. The van der Waals surface area contributed by atoms with Crippen LogP contribution in [0.25, 0.3) is 0 Å². The van der Waals surface area contributed by atoms with E-state index < -0.39 is 0 Å². The molecular weight excluding hydrogens is 318 g/mol. The Hall–Kier alpha value is -2.41. The summed E-state index contributed by atoms with van der Waals surface area (Å²) < 4.78 is 5.41. The molecule has 2 heterocycles. The van der Waals surface area contributed by atoms with E-state index in [4.69, 9.17) is 4.52 Å². The van der Waals surface area contributed by atoms with Gasteiger partial charge in [-0.2, -0.15) is 4.98 Å². The Bertz CT molecular complexity index is 703. The lowest BCUT2D eigenvalue weighted by Gasteiger charge is -2.30. The maximum absolute atomic E-state index is 11.1. The van der Waals surface area contributed by atoms with Crippen LogP contribution < -0.4 is 10.2 Å². The van der Waals surface area contributed by atoms with Gasteiger partial charge in [0.2, 0.25) is 11.8 Å². The van der Waals surface area contributed by atoms with Crippen LogP contribution >= 0.6 is 0 Å². The molecule has 0 aliphatic carbocycles. The fourth-order valence-electron chi connectivity index (χ4n) is 3.07.